The number of benzene rings is 6. The number of para-hydroxylation sites is 1. The standard InChI is InChI=1S/C62H70BN3S/c1-57(2,3)39-21-27-43(28-22-39)64-50-31-25-42(60(10,11)12)36-48(50)63-54-46-35-41(59(7,8)9)26-32-53(46)67-56(54)65(44-29-23-40(24-30-44)58(4,5)6)52-38-45(37-51(64)55(52)63)66-49-20-16-15-19-47(49)61(13)33-17-18-34-62(61,66)14/h15-16,19-32,35-38H,17-18,33-34H2,1-14H3. The Balaban J connectivity index is 1.29. The van der Waals surface area contributed by atoms with Crippen molar-refractivity contribution >= 4 is 89.3 Å². The van der Waals surface area contributed by atoms with Crippen molar-refractivity contribution in [3.63, 3.8) is 0 Å². The molecule has 3 aliphatic heterocycles. The second kappa shape index (κ2) is 14.6. The molecule has 0 amide bonds. The molecule has 7 aromatic rings. The summed E-state index contributed by atoms with van der Waals surface area (Å²) in [6.45, 7) is 33.3. The van der Waals surface area contributed by atoms with Crippen molar-refractivity contribution in [2.45, 2.75) is 155 Å². The van der Waals surface area contributed by atoms with Crippen LogP contribution in [0.4, 0.5) is 44.8 Å². The minimum absolute atomic E-state index is 0.00770. The Kier molecular flexibility index (Phi) is 9.66. The van der Waals surface area contributed by atoms with Crippen molar-refractivity contribution in [3.8, 4) is 0 Å². The van der Waals surface area contributed by atoms with Crippen LogP contribution in [0.1, 0.15) is 150 Å². The molecule has 5 heteroatoms. The molecule has 0 bridgehead atoms. The minimum atomic E-state index is -0.0946. The zero-order valence-corrected chi connectivity index (χ0v) is 43.5. The molecule has 1 fully saturated rings. The molecular weight excluding hydrogens is 830 g/mol. The highest BCUT2D eigenvalue weighted by Crippen LogP contribution is 2.62. The summed E-state index contributed by atoms with van der Waals surface area (Å²) in [7, 11) is 0. The normalized spacial score (nSPS) is 20.1. The molecule has 1 aromatic heterocycles. The fourth-order valence-corrected chi connectivity index (χ4v) is 13.7. The lowest BCUT2D eigenvalue weighted by molar-refractivity contribution is 0.195. The third kappa shape index (κ3) is 6.64. The maximum atomic E-state index is 2.79. The van der Waals surface area contributed by atoms with Gasteiger partial charge in [0.15, 0.2) is 0 Å². The summed E-state index contributed by atoms with van der Waals surface area (Å²) in [6, 6.07) is 48.4. The van der Waals surface area contributed by atoms with E-state index in [0.29, 0.717) is 0 Å². The molecule has 342 valence electrons. The first-order valence-electron chi connectivity index (χ1n) is 25.1. The fraction of sp³-hybridized carbons (Fsp3) is 0.387. The first kappa shape index (κ1) is 44.3. The van der Waals surface area contributed by atoms with Gasteiger partial charge in [0, 0.05) is 49.9 Å². The van der Waals surface area contributed by atoms with Crippen LogP contribution in [0.25, 0.3) is 10.1 Å². The molecular formula is C62H70BN3S. The molecule has 4 aliphatic rings. The Morgan fingerprint density at radius 3 is 1.61 bits per heavy atom. The zero-order chi connectivity index (χ0) is 47.4. The van der Waals surface area contributed by atoms with Gasteiger partial charge in [-0.25, -0.2) is 0 Å². The number of nitrogens with zero attached hydrogens (tertiary/aromatic N) is 3. The fourth-order valence-electron chi connectivity index (χ4n) is 12.4. The van der Waals surface area contributed by atoms with Gasteiger partial charge in [0.25, 0.3) is 6.71 Å². The smallest absolute Gasteiger partial charge is 0.254 e. The molecule has 0 N–H and O–H groups in total. The average Bonchev–Trinajstić information content (AvgIpc) is 3.74. The molecule has 1 saturated carbocycles. The highest BCUT2D eigenvalue weighted by atomic mass is 32.1. The third-order valence-electron chi connectivity index (χ3n) is 16.7. The van der Waals surface area contributed by atoms with Crippen LogP contribution in [0.5, 0.6) is 0 Å². The predicted octanol–water partition coefficient (Wildman–Crippen LogP) is 15.9. The lowest BCUT2D eigenvalue weighted by Gasteiger charge is -2.51. The molecule has 3 nitrogen and oxygen atoms in total. The van der Waals surface area contributed by atoms with E-state index in [1.807, 2.05) is 11.3 Å². The molecule has 67 heavy (non-hydrogen) atoms. The summed E-state index contributed by atoms with van der Waals surface area (Å²) >= 11 is 1.97. The van der Waals surface area contributed by atoms with Crippen molar-refractivity contribution in [3.05, 3.63) is 149 Å². The topological polar surface area (TPSA) is 9.72 Å². The largest absolute Gasteiger partial charge is 0.334 e. The van der Waals surface area contributed by atoms with Crippen LogP contribution in [-0.2, 0) is 27.1 Å². The SMILES string of the molecule is CC(C)(C)c1ccc(N2c3ccc(C(C)(C)C)cc3B3c4c2cc(N2c5ccccc5C5(C)CCCCC25C)cc4N(c2ccc(C(C)(C)C)cc2)c2sc4ccc(C(C)(C)C)cc4c23)cc1. The highest BCUT2D eigenvalue weighted by molar-refractivity contribution is 7.26. The number of thiophene rings is 1. The number of rotatable bonds is 3. The molecule has 2 atom stereocenters. The van der Waals surface area contributed by atoms with E-state index in [0.717, 1.165) is 6.42 Å². The predicted molar refractivity (Wildman–Crippen MR) is 293 cm³/mol. The zero-order valence-electron chi connectivity index (χ0n) is 42.7. The molecule has 2 unspecified atom stereocenters. The van der Waals surface area contributed by atoms with E-state index >= 15 is 0 Å². The first-order chi connectivity index (χ1) is 31.5. The average molecular weight is 900 g/mol. The summed E-state index contributed by atoms with van der Waals surface area (Å²) in [5, 5.41) is 2.71. The van der Waals surface area contributed by atoms with Gasteiger partial charge in [-0.1, -0.05) is 170 Å². The van der Waals surface area contributed by atoms with E-state index in [1.165, 1.54) is 118 Å². The van der Waals surface area contributed by atoms with E-state index in [2.05, 4.69) is 233 Å². The molecule has 0 saturated heterocycles. The maximum Gasteiger partial charge on any atom is 0.254 e. The second-order valence-corrected chi connectivity index (χ2v) is 26.1. The number of hydrogen-bond donors (Lipinski definition) is 0. The first-order valence-corrected chi connectivity index (χ1v) is 25.9. The highest BCUT2D eigenvalue weighted by Gasteiger charge is 2.58. The lowest BCUT2D eigenvalue weighted by atomic mass is 9.33. The molecule has 0 spiro atoms. The van der Waals surface area contributed by atoms with Gasteiger partial charge in [0.05, 0.1) is 10.5 Å². The summed E-state index contributed by atoms with van der Waals surface area (Å²) in [5.74, 6) is 0. The molecule has 11 rings (SSSR count). The van der Waals surface area contributed by atoms with E-state index in [9.17, 15) is 0 Å². The van der Waals surface area contributed by atoms with Gasteiger partial charge in [0.2, 0.25) is 0 Å². The van der Waals surface area contributed by atoms with Gasteiger partial charge in [0.1, 0.15) is 0 Å². The Bertz CT molecular complexity index is 3110. The number of fused-ring (bicyclic) bond motifs is 9. The molecule has 0 radical (unpaired) electrons. The summed E-state index contributed by atoms with van der Waals surface area (Å²) in [5.41, 5.74) is 20.0. The lowest BCUT2D eigenvalue weighted by Crippen LogP contribution is -2.61. The summed E-state index contributed by atoms with van der Waals surface area (Å²) < 4.78 is 1.34. The van der Waals surface area contributed by atoms with Crippen LogP contribution < -0.4 is 31.1 Å². The van der Waals surface area contributed by atoms with E-state index < -0.39 is 0 Å². The minimum Gasteiger partial charge on any atom is -0.334 e. The third-order valence-corrected chi connectivity index (χ3v) is 17.8. The Labute approximate surface area is 406 Å². The van der Waals surface area contributed by atoms with Crippen molar-refractivity contribution < 1.29 is 0 Å². The van der Waals surface area contributed by atoms with Crippen LogP contribution in [-0.4, -0.2) is 12.3 Å². The quantitative estimate of drug-likeness (QED) is 0.164. The van der Waals surface area contributed by atoms with Gasteiger partial charge in [-0.2, -0.15) is 0 Å². The van der Waals surface area contributed by atoms with Gasteiger partial charge in [-0.05, 0) is 146 Å². The van der Waals surface area contributed by atoms with Gasteiger partial charge < -0.3 is 14.7 Å². The molecule has 6 aromatic carbocycles. The van der Waals surface area contributed by atoms with Crippen molar-refractivity contribution in [1.29, 1.82) is 0 Å². The van der Waals surface area contributed by atoms with Crippen molar-refractivity contribution in [1.82, 2.24) is 0 Å². The Hall–Kier alpha value is -5.26. The van der Waals surface area contributed by atoms with Crippen LogP contribution in [0, 0.1) is 0 Å². The monoisotopic (exact) mass is 900 g/mol. The van der Waals surface area contributed by atoms with Crippen LogP contribution in [0.15, 0.2) is 121 Å². The van der Waals surface area contributed by atoms with Gasteiger partial charge in [-0.15, -0.1) is 11.3 Å². The molecule has 1 aliphatic carbocycles. The van der Waals surface area contributed by atoms with Crippen molar-refractivity contribution in [2.24, 2.45) is 0 Å². The number of hydrogen-bond acceptors (Lipinski definition) is 4. The van der Waals surface area contributed by atoms with E-state index in [4.69, 9.17) is 0 Å². The van der Waals surface area contributed by atoms with Gasteiger partial charge in [-0.3, -0.25) is 0 Å². The molecule has 4 heterocycles. The maximum absolute atomic E-state index is 2.79. The van der Waals surface area contributed by atoms with Gasteiger partial charge >= 0.3 is 0 Å². The van der Waals surface area contributed by atoms with Crippen LogP contribution in [0.2, 0.25) is 0 Å². The van der Waals surface area contributed by atoms with Crippen molar-refractivity contribution in [2.75, 3.05) is 14.7 Å². The summed E-state index contributed by atoms with van der Waals surface area (Å²) in [4.78, 5) is 8.10. The van der Waals surface area contributed by atoms with Crippen LogP contribution in [0.3, 0.4) is 0 Å². The number of anilines is 8. The Morgan fingerprint density at radius 1 is 0.478 bits per heavy atom. The van der Waals surface area contributed by atoms with E-state index in [1.54, 1.807) is 0 Å². The van der Waals surface area contributed by atoms with E-state index in [-0.39, 0.29) is 39.3 Å². The second-order valence-electron chi connectivity index (χ2n) is 25.1. The van der Waals surface area contributed by atoms with Crippen LogP contribution >= 0.6 is 11.3 Å². The Morgan fingerprint density at radius 2 is 1.00 bits per heavy atom. The summed E-state index contributed by atoms with van der Waals surface area (Å²) in [6.07, 6.45) is 4.85.